The third-order valence-corrected chi connectivity index (χ3v) is 3.02. The van der Waals surface area contributed by atoms with Crippen molar-refractivity contribution in [3.05, 3.63) is 41.5 Å². The topological polar surface area (TPSA) is 43.8 Å². The molecule has 1 heterocycles. The van der Waals surface area contributed by atoms with Crippen molar-refractivity contribution in [2.45, 2.75) is 33.4 Å². The van der Waals surface area contributed by atoms with E-state index < -0.39 is 0 Å². The first kappa shape index (κ1) is 12.8. The number of benzene rings is 1. The zero-order chi connectivity index (χ0) is 13.3. The number of halogens is 1. The molecule has 0 aliphatic rings. The lowest BCUT2D eigenvalue weighted by atomic mass is 10.0. The Bertz CT molecular complexity index is 558. The standard InChI is InChI=1S/C14H18FN3/c1-9(2)18-8-14(10(3)17-18)13-5-4-12(15)6-11(13)7-16/h4-6,8-9H,7,16H2,1-3H3. The molecule has 0 spiro atoms. The third kappa shape index (κ3) is 2.29. The lowest BCUT2D eigenvalue weighted by Crippen LogP contribution is -2.00. The average molecular weight is 247 g/mol. The van der Waals surface area contributed by atoms with Crippen molar-refractivity contribution >= 4 is 0 Å². The molecule has 0 saturated carbocycles. The highest BCUT2D eigenvalue weighted by atomic mass is 19.1. The van der Waals surface area contributed by atoms with Crippen LogP contribution in [0.15, 0.2) is 24.4 Å². The van der Waals surface area contributed by atoms with E-state index in [1.165, 1.54) is 12.1 Å². The lowest BCUT2D eigenvalue weighted by Gasteiger charge is -2.07. The molecule has 0 amide bonds. The molecule has 2 rings (SSSR count). The Morgan fingerprint density at radius 3 is 2.61 bits per heavy atom. The van der Waals surface area contributed by atoms with Crippen LogP contribution in [0.1, 0.15) is 31.1 Å². The smallest absolute Gasteiger partial charge is 0.123 e. The van der Waals surface area contributed by atoms with E-state index in [0.717, 1.165) is 22.4 Å². The molecule has 2 aromatic rings. The molecule has 96 valence electrons. The van der Waals surface area contributed by atoms with Crippen molar-refractivity contribution in [2.75, 3.05) is 0 Å². The van der Waals surface area contributed by atoms with Crippen LogP contribution in [0, 0.1) is 12.7 Å². The molecule has 0 unspecified atom stereocenters. The minimum absolute atomic E-state index is 0.256. The number of nitrogens with two attached hydrogens (primary N) is 1. The summed E-state index contributed by atoms with van der Waals surface area (Å²) in [4.78, 5) is 0. The van der Waals surface area contributed by atoms with Gasteiger partial charge in [0, 0.05) is 24.3 Å². The molecule has 0 atom stereocenters. The highest BCUT2D eigenvalue weighted by Crippen LogP contribution is 2.27. The van der Waals surface area contributed by atoms with Gasteiger partial charge in [-0.3, -0.25) is 4.68 Å². The van der Waals surface area contributed by atoms with Crippen molar-refractivity contribution < 1.29 is 4.39 Å². The van der Waals surface area contributed by atoms with Crippen molar-refractivity contribution in [1.82, 2.24) is 9.78 Å². The number of aryl methyl sites for hydroxylation is 1. The molecule has 0 saturated heterocycles. The molecule has 2 N–H and O–H groups in total. The maximum Gasteiger partial charge on any atom is 0.123 e. The number of hydrogen-bond acceptors (Lipinski definition) is 2. The van der Waals surface area contributed by atoms with Gasteiger partial charge in [0.15, 0.2) is 0 Å². The predicted octanol–water partition coefficient (Wildman–Crippen LogP) is 3.04. The van der Waals surface area contributed by atoms with E-state index >= 15 is 0 Å². The van der Waals surface area contributed by atoms with Gasteiger partial charge in [0.05, 0.1) is 5.69 Å². The van der Waals surface area contributed by atoms with Gasteiger partial charge in [0.1, 0.15) is 5.82 Å². The Kier molecular flexibility index (Phi) is 3.48. The highest BCUT2D eigenvalue weighted by molar-refractivity contribution is 5.68. The SMILES string of the molecule is Cc1nn(C(C)C)cc1-c1ccc(F)cc1CN. The van der Waals surface area contributed by atoms with Gasteiger partial charge in [-0.05, 0) is 44.0 Å². The summed E-state index contributed by atoms with van der Waals surface area (Å²) in [5.74, 6) is -0.256. The van der Waals surface area contributed by atoms with Crippen molar-refractivity contribution in [3.63, 3.8) is 0 Å². The summed E-state index contributed by atoms with van der Waals surface area (Å²) in [6, 6.07) is 5.02. The first-order valence-electron chi connectivity index (χ1n) is 6.07. The molecule has 0 bridgehead atoms. The first-order valence-corrected chi connectivity index (χ1v) is 6.07. The van der Waals surface area contributed by atoms with Crippen LogP contribution in [0.3, 0.4) is 0 Å². The maximum atomic E-state index is 13.2. The van der Waals surface area contributed by atoms with Crippen LogP contribution in [0.2, 0.25) is 0 Å². The zero-order valence-corrected chi connectivity index (χ0v) is 10.9. The van der Waals surface area contributed by atoms with E-state index in [2.05, 4.69) is 18.9 Å². The molecular weight excluding hydrogens is 229 g/mol. The van der Waals surface area contributed by atoms with Crippen LogP contribution < -0.4 is 5.73 Å². The minimum atomic E-state index is -0.256. The van der Waals surface area contributed by atoms with E-state index in [1.807, 2.05) is 17.8 Å². The molecule has 0 fully saturated rings. The van der Waals surface area contributed by atoms with Crippen LogP contribution in [-0.4, -0.2) is 9.78 Å². The fraction of sp³-hybridized carbons (Fsp3) is 0.357. The van der Waals surface area contributed by atoms with Gasteiger partial charge in [-0.15, -0.1) is 0 Å². The van der Waals surface area contributed by atoms with Crippen LogP contribution >= 0.6 is 0 Å². The number of rotatable bonds is 3. The van der Waals surface area contributed by atoms with Gasteiger partial charge in [0.25, 0.3) is 0 Å². The molecular formula is C14H18FN3. The highest BCUT2D eigenvalue weighted by Gasteiger charge is 2.12. The number of aromatic nitrogens is 2. The molecule has 4 heteroatoms. The average Bonchev–Trinajstić information content (AvgIpc) is 2.71. The summed E-state index contributed by atoms with van der Waals surface area (Å²) in [7, 11) is 0. The number of hydrogen-bond donors (Lipinski definition) is 1. The maximum absolute atomic E-state index is 13.2. The van der Waals surface area contributed by atoms with Gasteiger partial charge in [0.2, 0.25) is 0 Å². The fourth-order valence-corrected chi connectivity index (χ4v) is 2.00. The van der Waals surface area contributed by atoms with Gasteiger partial charge in [-0.1, -0.05) is 6.07 Å². The summed E-state index contributed by atoms with van der Waals surface area (Å²) >= 11 is 0. The molecule has 0 aliphatic carbocycles. The van der Waals surface area contributed by atoms with E-state index in [-0.39, 0.29) is 5.82 Å². The molecule has 18 heavy (non-hydrogen) atoms. The summed E-state index contributed by atoms with van der Waals surface area (Å²) in [5.41, 5.74) is 9.40. The molecule has 1 aromatic heterocycles. The van der Waals surface area contributed by atoms with Crippen LogP contribution in [0.4, 0.5) is 4.39 Å². The monoisotopic (exact) mass is 247 g/mol. The Labute approximate surface area is 106 Å². The van der Waals surface area contributed by atoms with Crippen molar-refractivity contribution in [2.24, 2.45) is 5.73 Å². The lowest BCUT2D eigenvalue weighted by molar-refractivity contribution is 0.529. The van der Waals surface area contributed by atoms with Crippen molar-refractivity contribution in [1.29, 1.82) is 0 Å². The quantitative estimate of drug-likeness (QED) is 0.906. The minimum Gasteiger partial charge on any atom is -0.326 e. The van der Waals surface area contributed by atoms with E-state index in [4.69, 9.17) is 5.73 Å². The normalized spacial score (nSPS) is 11.2. The van der Waals surface area contributed by atoms with Gasteiger partial charge in [-0.2, -0.15) is 5.10 Å². The third-order valence-electron chi connectivity index (χ3n) is 3.02. The Morgan fingerprint density at radius 1 is 1.33 bits per heavy atom. The van der Waals surface area contributed by atoms with Gasteiger partial charge in [-0.25, -0.2) is 4.39 Å². The van der Waals surface area contributed by atoms with E-state index in [0.29, 0.717) is 12.6 Å². The van der Waals surface area contributed by atoms with Crippen LogP contribution in [-0.2, 0) is 6.54 Å². The second-order valence-corrected chi connectivity index (χ2v) is 4.71. The van der Waals surface area contributed by atoms with Crippen LogP contribution in [0.5, 0.6) is 0 Å². The molecule has 1 aromatic carbocycles. The molecule has 3 nitrogen and oxygen atoms in total. The molecule has 0 aliphatic heterocycles. The second-order valence-electron chi connectivity index (χ2n) is 4.71. The van der Waals surface area contributed by atoms with Gasteiger partial charge >= 0.3 is 0 Å². The summed E-state index contributed by atoms with van der Waals surface area (Å²) in [6.07, 6.45) is 1.99. The Morgan fingerprint density at radius 2 is 2.06 bits per heavy atom. The Hall–Kier alpha value is -1.68. The summed E-state index contributed by atoms with van der Waals surface area (Å²) in [6.45, 7) is 6.42. The van der Waals surface area contributed by atoms with E-state index in [9.17, 15) is 4.39 Å². The van der Waals surface area contributed by atoms with Crippen molar-refractivity contribution in [3.8, 4) is 11.1 Å². The predicted molar refractivity (Wildman–Crippen MR) is 70.6 cm³/mol. The Balaban J connectivity index is 2.54. The van der Waals surface area contributed by atoms with E-state index in [1.54, 1.807) is 6.07 Å². The summed E-state index contributed by atoms with van der Waals surface area (Å²) in [5, 5.41) is 4.47. The summed E-state index contributed by atoms with van der Waals surface area (Å²) < 4.78 is 15.1. The fourth-order valence-electron chi connectivity index (χ4n) is 2.00. The molecule has 0 radical (unpaired) electrons. The largest absolute Gasteiger partial charge is 0.326 e. The number of nitrogens with zero attached hydrogens (tertiary/aromatic N) is 2. The zero-order valence-electron chi connectivity index (χ0n) is 10.9. The van der Waals surface area contributed by atoms with Crippen LogP contribution in [0.25, 0.3) is 11.1 Å². The van der Waals surface area contributed by atoms with Gasteiger partial charge < -0.3 is 5.73 Å². The second kappa shape index (κ2) is 4.90. The first-order chi connectivity index (χ1) is 8.52.